The van der Waals surface area contributed by atoms with Gasteiger partial charge < -0.3 is 10.6 Å². The first-order valence-electron chi connectivity index (χ1n) is 6.04. The lowest BCUT2D eigenvalue weighted by Crippen LogP contribution is -2.09. The monoisotopic (exact) mass is 356 g/mol. The molecule has 0 spiro atoms. The summed E-state index contributed by atoms with van der Waals surface area (Å²) in [5, 5.41) is 5.76. The summed E-state index contributed by atoms with van der Waals surface area (Å²) in [5.41, 5.74) is 0.939. The van der Waals surface area contributed by atoms with Gasteiger partial charge in [0.15, 0.2) is 0 Å². The Bertz CT molecular complexity index is 629. The number of benzene rings is 1. The van der Waals surface area contributed by atoms with E-state index < -0.39 is 0 Å². The molecule has 0 saturated heterocycles. The van der Waals surface area contributed by atoms with Crippen molar-refractivity contribution in [1.29, 1.82) is 0 Å². The Kier molecular flexibility index (Phi) is 4.77. The molecular weight excluding hydrogens is 343 g/mol. The molecule has 1 atom stereocenters. The van der Waals surface area contributed by atoms with Gasteiger partial charge in [-0.15, -0.1) is 11.3 Å². The summed E-state index contributed by atoms with van der Waals surface area (Å²) in [5.74, 6) is -0.528. The Balaban J connectivity index is 2.17. The first kappa shape index (κ1) is 15.0. The molecule has 0 saturated carbocycles. The van der Waals surface area contributed by atoms with Gasteiger partial charge in [-0.1, -0.05) is 0 Å². The zero-order chi connectivity index (χ0) is 14.7. The molecule has 1 unspecified atom stereocenters. The smallest absolute Gasteiger partial charge is 0.221 e. The lowest BCUT2D eigenvalue weighted by Gasteiger charge is -2.15. The zero-order valence-corrected chi connectivity index (χ0v) is 13.4. The van der Waals surface area contributed by atoms with Gasteiger partial charge in [0, 0.05) is 17.5 Å². The van der Waals surface area contributed by atoms with Gasteiger partial charge in [-0.3, -0.25) is 4.79 Å². The van der Waals surface area contributed by atoms with Crippen molar-refractivity contribution >= 4 is 44.5 Å². The lowest BCUT2D eigenvalue weighted by molar-refractivity contribution is -0.114. The summed E-state index contributed by atoms with van der Waals surface area (Å²) >= 11 is 5.01. The maximum absolute atomic E-state index is 13.8. The van der Waals surface area contributed by atoms with E-state index in [-0.39, 0.29) is 17.8 Å². The average molecular weight is 357 g/mol. The Hall–Kier alpha value is -1.40. The summed E-state index contributed by atoms with van der Waals surface area (Å²) in [6.45, 7) is 3.38. The van der Waals surface area contributed by atoms with Gasteiger partial charge in [0.25, 0.3) is 0 Å². The van der Waals surface area contributed by atoms with E-state index in [0.29, 0.717) is 11.4 Å². The highest BCUT2D eigenvalue weighted by molar-refractivity contribution is 9.11. The fraction of sp³-hybridized carbons (Fsp3) is 0.214. The Morgan fingerprint density at radius 3 is 2.70 bits per heavy atom. The van der Waals surface area contributed by atoms with Crippen LogP contribution in [-0.4, -0.2) is 5.91 Å². The minimum atomic E-state index is -0.346. The molecule has 2 N–H and O–H groups in total. The van der Waals surface area contributed by atoms with Crippen LogP contribution in [0.5, 0.6) is 0 Å². The second-order valence-electron chi connectivity index (χ2n) is 4.38. The van der Waals surface area contributed by atoms with Crippen molar-refractivity contribution in [3.63, 3.8) is 0 Å². The molecule has 0 fully saturated rings. The number of hydrogen-bond donors (Lipinski definition) is 2. The number of carbonyl (C=O) groups excluding carboxylic acids is 1. The van der Waals surface area contributed by atoms with Gasteiger partial charge in [0.05, 0.1) is 15.5 Å². The maximum atomic E-state index is 13.8. The minimum absolute atomic E-state index is 0.0200. The number of halogens is 2. The first-order valence-corrected chi connectivity index (χ1v) is 7.65. The normalized spacial score (nSPS) is 12.0. The van der Waals surface area contributed by atoms with E-state index in [2.05, 4.69) is 26.6 Å². The highest BCUT2D eigenvalue weighted by atomic mass is 79.9. The van der Waals surface area contributed by atoms with Crippen LogP contribution in [0.2, 0.25) is 0 Å². The van der Waals surface area contributed by atoms with Crippen LogP contribution in [0.1, 0.15) is 24.8 Å². The van der Waals surface area contributed by atoms with Crippen LogP contribution in [-0.2, 0) is 4.79 Å². The highest BCUT2D eigenvalue weighted by Crippen LogP contribution is 2.30. The van der Waals surface area contributed by atoms with Crippen molar-refractivity contribution in [3.05, 3.63) is 44.8 Å². The number of hydrogen-bond acceptors (Lipinski definition) is 3. The van der Waals surface area contributed by atoms with Crippen molar-refractivity contribution in [2.45, 2.75) is 19.9 Å². The van der Waals surface area contributed by atoms with Crippen molar-refractivity contribution < 1.29 is 9.18 Å². The summed E-state index contributed by atoms with van der Waals surface area (Å²) in [7, 11) is 0. The van der Waals surface area contributed by atoms with E-state index in [0.717, 1.165) is 8.66 Å². The molecule has 1 heterocycles. The van der Waals surface area contributed by atoms with Crippen LogP contribution in [0, 0.1) is 5.82 Å². The molecule has 2 aromatic rings. The number of anilines is 2. The molecule has 1 amide bonds. The topological polar surface area (TPSA) is 41.1 Å². The van der Waals surface area contributed by atoms with E-state index in [1.807, 2.05) is 19.1 Å². The molecular formula is C14H14BrFN2OS. The first-order chi connectivity index (χ1) is 9.45. The second-order valence-corrected chi connectivity index (χ2v) is 6.88. The van der Waals surface area contributed by atoms with E-state index in [1.165, 1.54) is 19.1 Å². The molecule has 0 radical (unpaired) electrons. The minimum Gasteiger partial charge on any atom is -0.375 e. The van der Waals surface area contributed by atoms with Crippen LogP contribution < -0.4 is 10.6 Å². The van der Waals surface area contributed by atoms with E-state index in [4.69, 9.17) is 0 Å². The summed E-state index contributed by atoms with van der Waals surface area (Å²) in [6, 6.07) is 8.40. The Morgan fingerprint density at radius 2 is 2.10 bits per heavy atom. The van der Waals surface area contributed by atoms with Crippen LogP contribution in [0.15, 0.2) is 34.1 Å². The average Bonchev–Trinajstić information content (AvgIpc) is 2.79. The largest absolute Gasteiger partial charge is 0.375 e. The van der Waals surface area contributed by atoms with Gasteiger partial charge in [0.1, 0.15) is 5.82 Å². The molecule has 3 nitrogen and oxygen atoms in total. The molecule has 20 heavy (non-hydrogen) atoms. The third-order valence-corrected chi connectivity index (χ3v) is 4.49. The van der Waals surface area contributed by atoms with Crippen LogP contribution in [0.25, 0.3) is 0 Å². The fourth-order valence-corrected chi connectivity index (χ4v) is 3.21. The molecule has 2 rings (SSSR count). The molecule has 1 aromatic carbocycles. The molecule has 0 aliphatic rings. The highest BCUT2D eigenvalue weighted by Gasteiger charge is 2.11. The molecule has 0 bridgehead atoms. The SMILES string of the molecule is CC(=O)Nc1ccc(F)c(NC(C)c2ccc(Br)s2)c1. The van der Waals surface area contributed by atoms with Crippen molar-refractivity contribution in [3.8, 4) is 0 Å². The third kappa shape index (κ3) is 3.80. The molecule has 0 aliphatic carbocycles. The summed E-state index contributed by atoms with van der Waals surface area (Å²) < 4.78 is 14.8. The summed E-state index contributed by atoms with van der Waals surface area (Å²) in [6.07, 6.45) is 0. The zero-order valence-electron chi connectivity index (χ0n) is 11.0. The van der Waals surface area contributed by atoms with Gasteiger partial charge in [-0.05, 0) is 53.2 Å². The molecule has 0 aliphatic heterocycles. The van der Waals surface area contributed by atoms with Gasteiger partial charge in [-0.2, -0.15) is 0 Å². The fourth-order valence-electron chi connectivity index (χ4n) is 1.78. The van der Waals surface area contributed by atoms with Crippen LogP contribution in [0.3, 0.4) is 0 Å². The van der Waals surface area contributed by atoms with Gasteiger partial charge >= 0.3 is 0 Å². The quantitative estimate of drug-likeness (QED) is 0.827. The van der Waals surface area contributed by atoms with Crippen LogP contribution >= 0.6 is 27.3 Å². The standard InChI is InChI=1S/C14H14BrFN2OS/c1-8(13-5-6-14(15)20-13)17-12-7-10(18-9(2)19)3-4-11(12)16/h3-8,17H,1-2H3,(H,18,19). The van der Waals surface area contributed by atoms with Gasteiger partial charge in [0.2, 0.25) is 5.91 Å². The maximum Gasteiger partial charge on any atom is 0.221 e. The van der Waals surface area contributed by atoms with Crippen LogP contribution in [0.4, 0.5) is 15.8 Å². The predicted octanol–water partition coefficient (Wildman–Crippen LogP) is 4.78. The third-order valence-electron chi connectivity index (χ3n) is 2.68. The van der Waals surface area contributed by atoms with E-state index in [9.17, 15) is 9.18 Å². The number of rotatable bonds is 4. The predicted molar refractivity (Wildman–Crippen MR) is 84.8 cm³/mol. The number of thiophene rings is 1. The lowest BCUT2D eigenvalue weighted by atomic mass is 10.2. The van der Waals surface area contributed by atoms with E-state index in [1.54, 1.807) is 17.4 Å². The second kappa shape index (κ2) is 6.37. The van der Waals surface area contributed by atoms with Gasteiger partial charge in [-0.25, -0.2) is 4.39 Å². The molecule has 106 valence electrons. The van der Waals surface area contributed by atoms with Crippen molar-refractivity contribution in [2.24, 2.45) is 0 Å². The number of carbonyl (C=O) groups is 1. The number of nitrogens with one attached hydrogen (secondary N) is 2. The molecule has 6 heteroatoms. The Morgan fingerprint density at radius 1 is 1.35 bits per heavy atom. The summed E-state index contributed by atoms with van der Waals surface area (Å²) in [4.78, 5) is 12.1. The van der Waals surface area contributed by atoms with E-state index >= 15 is 0 Å². The van der Waals surface area contributed by atoms with Crippen molar-refractivity contribution in [1.82, 2.24) is 0 Å². The molecule has 1 aromatic heterocycles. The van der Waals surface area contributed by atoms with Crippen molar-refractivity contribution in [2.75, 3.05) is 10.6 Å². The Labute approximate surface area is 129 Å². The number of amides is 1.